The van der Waals surface area contributed by atoms with Crippen molar-refractivity contribution in [3.8, 4) is 0 Å². The summed E-state index contributed by atoms with van der Waals surface area (Å²) in [6, 6.07) is 0. The lowest BCUT2D eigenvalue weighted by molar-refractivity contribution is -0.167. The molecule has 0 aliphatic carbocycles. The Bertz CT molecular complexity index is 1180. The van der Waals surface area contributed by atoms with Gasteiger partial charge in [0.25, 0.3) is 0 Å². The van der Waals surface area contributed by atoms with Crippen molar-refractivity contribution in [1.82, 2.24) is 0 Å². The molecule has 0 aromatic heterocycles. The molecule has 73 heavy (non-hydrogen) atoms. The van der Waals surface area contributed by atoms with Crippen molar-refractivity contribution in [3.63, 3.8) is 0 Å². The maximum atomic E-state index is 12.8. The van der Waals surface area contributed by atoms with Crippen LogP contribution < -0.4 is 0 Å². The zero-order valence-corrected chi connectivity index (χ0v) is 49.4. The molecule has 0 fully saturated rings. The van der Waals surface area contributed by atoms with Gasteiger partial charge in [0.15, 0.2) is 6.10 Å². The van der Waals surface area contributed by atoms with Crippen LogP contribution >= 0.6 is 0 Å². The van der Waals surface area contributed by atoms with Gasteiger partial charge in [-0.15, -0.1) is 0 Å². The lowest BCUT2D eigenvalue weighted by atomic mass is 10.0. The predicted octanol–water partition coefficient (Wildman–Crippen LogP) is 22.2. The number of allylic oxidation sites excluding steroid dienone is 4. The topological polar surface area (TPSA) is 78.9 Å². The number of esters is 3. The quantitative estimate of drug-likeness (QED) is 0.0261. The Balaban J connectivity index is 3.95. The van der Waals surface area contributed by atoms with Gasteiger partial charge in [-0.05, 0) is 57.8 Å². The highest BCUT2D eigenvalue weighted by molar-refractivity contribution is 5.71. The van der Waals surface area contributed by atoms with E-state index in [0.29, 0.717) is 19.3 Å². The molecule has 0 aromatic rings. The van der Waals surface area contributed by atoms with Crippen LogP contribution in [0.4, 0.5) is 0 Å². The summed E-state index contributed by atoms with van der Waals surface area (Å²) in [4.78, 5) is 38.1. The molecule has 0 aliphatic rings. The fourth-order valence-corrected chi connectivity index (χ4v) is 9.94. The van der Waals surface area contributed by atoms with E-state index in [4.69, 9.17) is 14.2 Å². The van der Waals surface area contributed by atoms with Gasteiger partial charge >= 0.3 is 17.9 Å². The first-order valence-electron chi connectivity index (χ1n) is 32.8. The molecular weight excluding hydrogens is 901 g/mol. The number of hydrogen-bond donors (Lipinski definition) is 0. The van der Waals surface area contributed by atoms with E-state index in [2.05, 4.69) is 45.1 Å². The second-order valence-electron chi connectivity index (χ2n) is 22.4. The van der Waals surface area contributed by atoms with E-state index in [-0.39, 0.29) is 31.1 Å². The summed E-state index contributed by atoms with van der Waals surface area (Å²) >= 11 is 0. The zero-order valence-electron chi connectivity index (χ0n) is 49.4. The predicted molar refractivity (Wildman–Crippen MR) is 316 cm³/mol. The molecule has 0 saturated carbocycles. The Kier molecular flexibility index (Phi) is 60.6. The average molecular weight is 1030 g/mol. The summed E-state index contributed by atoms with van der Waals surface area (Å²) in [5.74, 6) is -0.875. The molecule has 1 atom stereocenters. The van der Waals surface area contributed by atoms with Gasteiger partial charge in [0.2, 0.25) is 0 Å². The third kappa shape index (κ3) is 60.6. The third-order valence-electron chi connectivity index (χ3n) is 14.9. The molecule has 0 heterocycles. The van der Waals surface area contributed by atoms with Crippen LogP contribution in [-0.4, -0.2) is 37.2 Å². The van der Waals surface area contributed by atoms with Crippen molar-refractivity contribution in [2.45, 2.75) is 374 Å². The van der Waals surface area contributed by atoms with Gasteiger partial charge in [-0.1, -0.05) is 315 Å². The summed E-state index contributed by atoms with van der Waals surface area (Å²) in [7, 11) is 0. The molecule has 6 nitrogen and oxygen atoms in total. The SMILES string of the molecule is CCCC/C=C\CCCCCCCC(=O)OCC(COC(=O)CCCCCCCCCCCCCCCCCCCCCCCCCCCCCCCCCCC)OC(=O)CCCCCCC/C=C\CCCC. The van der Waals surface area contributed by atoms with Crippen molar-refractivity contribution in [3.05, 3.63) is 24.3 Å². The standard InChI is InChI=1S/C67H126O6/c1-4-7-10-13-16-19-22-23-24-25-26-27-28-29-30-31-32-33-34-35-36-37-38-39-40-41-42-43-46-48-51-54-57-60-66(69)72-63-64(73-67(70)61-58-55-52-49-45-21-18-15-12-9-6-3)62-71-65(68)59-56-53-50-47-44-20-17-14-11-8-5-2/h14-15,17-18,64H,4-13,16,19-63H2,1-3H3/b17-14-,18-15-. The van der Waals surface area contributed by atoms with E-state index < -0.39 is 6.10 Å². The van der Waals surface area contributed by atoms with Crippen LogP contribution in [0.15, 0.2) is 24.3 Å². The number of unbranched alkanes of at least 4 members (excludes halogenated alkanes) is 46. The summed E-state index contributed by atoms with van der Waals surface area (Å²) in [5.41, 5.74) is 0. The fourth-order valence-electron chi connectivity index (χ4n) is 9.94. The molecule has 0 rings (SSSR count). The summed E-state index contributed by atoms with van der Waals surface area (Å²) in [6.45, 7) is 6.60. The van der Waals surface area contributed by atoms with Crippen LogP contribution in [-0.2, 0) is 28.6 Å². The first kappa shape index (κ1) is 70.9. The first-order valence-corrected chi connectivity index (χ1v) is 32.8. The monoisotopic (exact) mass is 1030 g/mol. The van der Waals surface area contributed by atoms with Gasteiger partial charge in [0, 0.05) is 19.3 Å². The zero-order chi connectivity index (χ0) is 52.9. The number of carbonyl (C=O) groups is 3. The molecular formula is C67H126O6. The molecule has 430 valence electrons. The van der Waals surface area contributed by atoms with Crippen molar-refractivity contribution in [2.24, 2.45) is 0 Å². The second kappa shape index (κ2) is 62.4. The van der Waals surface area contributed by atoms with E-state index >= 15 is 0 Å². The van der Waals surface area contributed by atoms with Crippen LogP contribution in [0.1, 0.15) is 367 Å². The van der Waals surface area contributed by atoms with Crippen LogP contribution in [0.5, 0.6) is 0 Å². The smallest absolute Gasteiger partial charge is 0.306 e. The second-order valence-corrected chi connectivity index (χ2v) is 22.4. The molecule has 0 radical (unpaired) electrons. The summed E-state index contributed by atoms with van der Waals surface area (Å²) in [6.07, 6.45) is 75.2. The number of carbonyl (C=O) groups excluding carboxylic acids is 3. The Morgan fingerprint density at radius 3 is 0.726 bits per heavy atom. The largest absolute Gasteiger partial charge is 0.462 e. The van der Waals surface area contributed by atoms with Crippen LogP contribution in [0.2, 0.25) is 0 Å². The van der Waals surface area contributed by atoms with Crippen molar-refractivity contribution in [2.75, 3.05) is 13.2 Å². The molecule has 0 amide bonds. The maximum absolute atomic E-state index is 12.8. The van der Waals surface area contributed by atoms with Crippen LogP contribution in [0, 0.1) is 0 Å². The first-order chi connectivity index (χ1) is 36.0. The van der Waals surface area contributed by atoms with Gasteiger partial charge in [-0.25, -0.2) is 0 Å². The molecule has 6 heteroatoms. The maximum Gasteiger partial charge on any atom is 0.306 e. The van der Waals surface area contributed by atoms with E-state index in [1.807, 2.05) is 0 Å². The van der Waals surface area contributed by atoms with E-state index in [1.54, 1.807) is 0 Å². The third-order valence-corrected chi connectivity index (χ3v) is 14.9. The Hall–Kier alpha value is -2.11. The van der Waals surface area contributed by atoms with E-state index in [9.17, 15) is 14.4 Å². The van der Waals surface area contributed by atoms with Gasteiger partial charge in [0.05, 0.1) is 0 Å². The van der Waals surface area contributed by atoms with Crippen LogP contribution in [0.3, 0.4) is 0 Å². The molecule has 0 bridgehead atoms. The normalized spacial score (nSPS) is 12.1. The molecule has 0 N–H and O–H groups in total. The van der Waals surface area contributed by atoms with Gasteiger partial charge < -0.3 is 14.2 Å². The van der Waals surface area contributed by atoms with Crippen molar-refractivity contribution < 1.29 is 28.6 Å². The summed E-state index contributed by atoms with van der Waals surface area (Å²) in [5, 5.41) is 0. The minimum absolute atomic E-state index is 0.0732. The van der Waals surface area contributed by atoms with E-state index in [0.717, 1.165) is 77.0 Å². The highest BCUT2D eigenvalue weighted by atomic mass is 16.6. The van der Waals surface area contributed by atoms with E-state index in [1.165, 1.54) is 250 Å². The molecule has 0 aliphatic heterocycles. The molecule has 0 aromatic carbocycles. The molecule has 1 unspecified atom stereocenters. The lowest BCUT2D eigenvalue weighted by Gasteiger charge is -2.18. The molecule has 0 saturated heterocycles. The Labute approximate surface area is 455 Å². The number of hydrogen-bond acceptors (Lipinski definition) is 6. The summed E-state index contributed by atoms with van der Waals surface area (Å²) < 4.78 is 16.8. The van der Waals surface area contributed by atoms with Gasteiger partial charge in [0.1, 0.15) is 13.2 Å². The minimum atomic E-state index is -0.775. The minimum Gasteiger partial charge on any atom is -0.462 e. The molecule has 0 spiro atoms. The highest BCUT2D eigenvalue weighted by Crippen LogP contribution is 2.18. The highest BCUT2D eigenvalue weighted by Gasteiger charge is 2.19. The fraction of sp³-hybridized carbons (Fsp3) is 0.896. The number of ether oxygens (including phenoxy) is 3. The van der Waals surface area contributed by atoms with Gasteiger partial charge in [-0.3, -0.25) is 14.4 Å². The number of rotatable bonds is 61. The van der Waals surface area contributed by atoms with Crippen LogP contribution in [0.25, 0.3) is 0 Å². The van der Waals surface area contributed by atoms with Gasteiger partial charge in [-0.2, -0.15) is 0 Å². The van der Waals surface area contributed by atoms with Crippen molar-refractivity contribution in [1.29, 1.82) is 0 Å². The Morgan fingerprint density at radius 1 is 0.260 bits per heavy atom. The average Bonchev–Trinajstić information content (AvgIpc) is 3.39. The lowest BCUT2D eigenvalue weighted by Crippen LogP contribution is -2.30. The Morgan fingerprint density at radius 2 is 0.466 bits per heavy atom. The van der Waals surface area contributed by atoms with Crippen molar-refractivity contribution >= 4 is 17.9 Å².